The first-order chi connectivity index (χ1) is 4.96. The van der Waals surface area contributed by atoms with Crippen LogP contribution in [0.3, 0.4) is 0 Å². The van der Waals surface area contributed by atoms with Crippen LogP contribution in [0.25, 0.3) is 0 Å². The fourth-order valence-electron chi connectivity index (χ4n) is 0.508. The Morgan fingerprint density at radius 3 is 1.50 bits per heavy atom. The summed E-state index contributed by atoms with van der Waals surface area (Å²) in [5.41, 5.74) is -0.572. The van der Waals surface area contributed by atoms with E-state index >= 15 is 0 Å². The third kappa shape index (κ3) is 3.70. The predicted octanol–water partition coefficient (Wildman–Crippen LogP) is 2.79. The molecular weight excluding hydrogens is 175 g/mol. The highest BCUT2D eigenvalue weighted by molar-refractivity contribution is 7.54. The van der Waals surface area contributed by atoms with Crippen molar-refractivity contribution in [1.82, 2.24) is 0 Å². The van der Waals surface area contributed by atoms with E-state index in [2.05, 4.69) is 0 Å². The van der Waals surface area contributed by atoms with Crippen LogP contribution in [-0.4, -0.2) is 15.7 Å². The minimum atomic E-state index is -3.50. The molecule has 1 unspecified atom stereocenters. The summed E-state index contributed by atoms with van der Waals surface area (Å²) in [6.07, 6.45) is 0. The van der Waals surface area contributed by atoms with Crippen LogP contribution in [0.5, 0.6) is 0 Å². The van der Waals surface area contributed by atoms with Crippen molar-refractivity contribution in [1.29, 1.82) is 0 Å². The van der Waals surface area contributed by atoms with Crippen molar-refractivity contribution in [3.8, 4) is 0 Å². The molecule has 0 radical (unpaired) electrons. The van der Waals surface area contributed by atoms with Crippen molar-refractivity contribution in [2.75, 3.05) is 0 Å². The van der Waals surface area contributed by atoms with Gasteiger partial charge in [-0.15, -0.1) is 0 Å². The van der Waals surface area contributed by atoms with Crippen LogP contribution in [0.4, 0.5) is 0 Å². The highest BCUT2D eigenvalue weighted by Gasteiger charge is 2.39. The lowest BCUT2D eigenvalue weighted by atomic mass is 10.2. The summed E-state index contributed by atoms with van der Waals surface area (Å²) in [6.45, 7) is 10.4. The fraction of sp³-hybridized carbons (Fsp3) is 1.00. The monoisotopic (exact) mass is 194 g/mol. The SMILES string of the molecule is CC(C)(C)OP(=O)(O)C(C)(C)C. The molecule has 0 heterocycles. The van der Waals surface area contributed by atoms with Crippen molar-refractivity contribution in [3.63, 3.8) is 0 Å². The summed E-state index contributed by atoms with van der Waals surface area (Å²) >= 11 is 0. The van der Waals surface area contributed by atoms with E-state index in [0.717, 1.165) is 0 Å². The molecule has 4 heteroatoms. The molecule has 0 aromatic heterocycles. The second-order valence-corrected chi connectivity index (χ2v) is 7.46. The third-order valence-corrected chi connectivity index (χ3v) is 3.74. The fourth-order valence-corrected chi connectivity index (χ4v) is 1.52. The highest BCUT2D eigenvalue weighted by atomic mass is 31.2. The van der Waals surface area contributed by atoms with Crippen molar-refractivity contribution in [2.24, 2.45) is 0 Å². The molecule has 0 saturated heterocycles. The second-order valence-electron chi connectivity index (χ2n) is 4.89. The second kappa shape index (κ2) is 3.13. The van der Waals surface area contributed by atoms with E-state index in [1.165, 1.54) is 0 Å². The molecule has 0 aromatic carbocycles. The third-order valence-electron chi connectivity index (χ3n) is 1.25. The normalized spacial score (nSPS) is 18.9. The molecule has 1 atom stereocenters. The largest absolute Gasteiger partial charge is 0.333 e. The van der Waals surface area contributed by atoms with Gasteiger partial charge in [0.2, 0.25) is 0 Å². The van der Waals surface area contributed by atoms with E-state index in [1.807, 2.05) is 0 Å². The first kappa shape index (κ1) is 12.2. The smallest absolute Gasteiger partial charge is 0.324 e. The molecule has 0 saturated carbocycles. The van der Waals surface area contributed by atoms with Gasteiger partial charge in [0, 0.05) is 0 Å². The van der Waals surface area contributed by atoms with Crippen LogP contribution in [0.15, 0.2) is 0 Å². The molecule has 0 aliphatic rings. The topological polar surface area (TPSA) is 46.5 Å². The summed E-state index contributed by atoms with van der Waals surface area (Å²) < 4.78 is 16.7. The Hall–Kier alpha value is 0.150. The van der Waals surface area contributed by atoms with Crippen LogP contribution >= 0.6 is 7.60 Å². The Bertz CT molecular complexity index is 197. The molecule has 0 aliphatic carbocycles. The van der Waals surface area contributed by atoms with Gasteiger partial charge >= 0.3 is 7.60 Å². The van der Waals surface area contributed by atoms with E-state index < -0.39 is 18.4 Å². The number of hydrogen-bond donors (Lipinski definition) is 1. The molecular formula is C8H19O3P. The average Bonchev–Trinajstić information content (AvgIpc) is 1.52. The van der Waals surface area contributed by atoms with Gasteiger partial charge in [-0.25, -0.2) is 0 Å². The van der Waals surface area contributed by atoms with E-state index in [4.69, 9.17) is 4.52 Å². The molecule has 0 aliphatic heterocycles. The van der Waals surface area contributed by atoms with Gasteiger partial charge in [0.25, 0.3) is 0 Å². The number of hydrogen-bond acceptors (Lipinski definition) is 2. The first-order valence-electron chi connectivity index (χ1n) is 3.99. The van der Waals surface area contributed by atoms with Crippen LogP contribution in [0.1, 0.15) is 41.5 Å². The lowest BCUT2D eigenvalue weighted by molar-refractivity contribution is 0.103. The highest BCUT2D eigenvalue weighted by Crippen LogP contribution is 2.57. The summed E-state index contributed by atoms with van der Waals surface area (Å²) in [5.74, 6) is 0. The Morgan fingerprint density at radius 2 is 1.42 bits per heavy atom. The summed E-state index contributed by atoms with van der Waals surface area (Å²) in [6, 6.07) is 0. The standard InChI is InChI=1S/C8H19O3P/c1-7(2,3)11-12(9,10)8(4,5)6/h1-6H3,(H,9,10). The minimum Gasteiger partial charge on any atom is -0.324 e. The zero-order valence-corrected chi connectivity index (χ0v) is 9.61. The lowest BCUT2D eigenvalue weighted by Gasteiger charge is -2.31. The van der Waals surface area contributed by atoms with Crippen molar-refractivity contribution >= 4 is 7.60 Å². The van der Waals surface area contributed by atoms with Crippen molar-refractivity contribution in [2.45, 2.75) is 52.3 Å². The molecule has 0 amide bonds. The van der Waals surface area contributed by atoms with Gasteiger partial charge in [-0.2, -0.15) is 0 Å². The molecule has 74 valence electrons. The Labute approximate surface area is 74.7 Å². The molecule has 0 rings (SSSR count). The molecule has 0 aromatic rings. The number of rotatable bonds is 1. The minimum absolute atomic E-state index is 0.572. The predicted molar refractivity (Wildman–Crippen MR) is 50.4 cm³/mol. The first-order valence-corrected chi connectivity index (χ1v) is 5.57. The van der Waals surface area contributed by atoms with Gasteiger partial charge in [0.05, 0.1) is 10.8 Å². The van der Waals surface area contributed by atoms with E-state index in [-0.39, 0.29) is 0 Å². The maximum absolute atomic E-state index is 11.6. The zero-order valence-electron chi connectivity index (χ0n) is 8.71. The maximum atomic E-state index is 11.6. The van der Waals surface area contributed by atoms with Crippen LogP contribution in [-0.2, 0) is 9.09 Å². The van der Waals surface area contributed by atoms with E-state index in [0.29, 0.717) is 0 Å². The quantitative estimate of drug-likeness (QED) is 0.653. The molecule has 12 heavy (non-hydrogen) atoms. The van der Waals surface area contributed by atoms with Gasteiger partial charge < -0.3 is 9.42 Å². The molecule has 0 bridgehead atoms. The zero-order chi connectivity index (χ0) is 10.2. The summed E-state index contributed by atoms with van der Waals surface area (Å²) in [7, 11) is -3.50. The van der Waals surface area contributed by atoms with E-state index in [9.17, 15) is 9.46 Å². The van der Waals surface area contributed by atoms with Gasteiger partial charge in [0.1, 0.15) is 0 Å². The molecule has 0 fully saturated rings. The molecule has 0 spiro atoms. The van der Waals surface area contributed by atoms with Crippen molar-refractivity contribution < 1.29 is 14.0 Å². The summed E-state index contributed by atoms with van der Waals surface area (Å²) in [4.78, 5) is 9.52. The Kier molecular flexibility index (Phi) is 3.17. The van der Waals surface area contributed by atoms with E-state index in [1.54, 1.807) is 41.5 Å². The maximum Gasteiger partial charge on any atom is 0.333 e. The van der Waals surface area contributed by atoms with Crippen LogP contribution in [0, 0.1) is 0 Å². The van der Waals surface area contributed by atoms with Crippen LogP contribution in [0.2, 0.25) is 0 Å². The van der Waals surface area contributed by atoms with Gasteiger partial charge in [0.15, 0.2) is 0 Å². The lowest BCUT2D eigenvalue weighted by Crippen LogP contribution is -2.25. The Balaban J connectivity index is 4.57. The molecule has 1 N–H and O–H groups in total. The van der Waals surface area contributed by atoms with Crippen molar-refractivity contribution in [3.05, 3.63) is 0 Å². The van der Waals surface area contributed by atoms with Crippen LogP contribution < -0.4 is 0 Å². The summed E-state index contributed by atoms with van der Waals surface area (Å²) in [5, 5.41) is -0.708. The van der Waals surface area contributed by atoms with Gasteiger partial charge in [-0.05, 0) is 41.5 Å². The Morgan fingerprint density at radius 1 is 1.08 bits per heavy atom. The average molecular weight is 194 g/mol. The molecule has 3 nitrogen and oxygen atoms in total. The van der Waals surface area contributed by atoms with Gasteiger partial charge in [-0.3, -0.25) is 4.57 Å². The van der Waals surface area contributed by atoms with Gasteiger partial charge in [-0.1, -0.05) is 0 Å².